The third-order valence-corrected chi connectivity index (χ3v) is 4.24. The van der Waals surface area contributed by atoms with Gasteiger partial charge in [-0.1, -0.05) is 48.5 Å². The largest absolute Gasteiger partial charge is 0.376 e. The van der Waals surface area contributed by atoms with Crippen LogP contribution in [0.4, 0.5) is 11.4 Å². The maximum atomic E-state index is 12.2. The van der Waals surface area contributed by atoms with Crippen molar-refractivity contribution in [2.24, 2.45) is 0 Å². The van der Waals surface area contributed by atoms with Gasteiger partial charge < -0.3 is 15.5 Å². The molecule has 0 aliphatic heterocycles. The molecule has 0 unspecified atom stereocenters. The van der Waals surface area contributed by atoms with Crippen molar-refractivity contribution in [2.75, 3.05) is 31.3 Å². The van der Waals surface area contributed by atoms with Crippen LogP contribution in [0.25, 0.3) is 11.1 Å². The van der Waals surface area contributed by atoms with Crippen LogP contribution in [0.15, 0.2) is 78.9 Å². The van der Waals surface area contributed by atoms with Gasteiger partial charge >= 0.3 is 0 Å². The van der Waals surface area contributed by atoms with Gasteiger partial charge in [0.15, 0.2) is 0 Å². The van der Waals surface area contributed by atoms with E-state index in [0.717, 1.165) is 16.8 Å². The van der Waals surface area contributed by atoms with Crippen LogP contribution in [0.5, 0.6) is 0 Å². The molecule has 0 fully saturated rings. The summed E-state index contributed by atoms with van der Waals surface area (Å²) in [6.45, 7) is 0.135. The van der Waals surface area contributed by atoms with Gasteiger partial charge in [-0.3, -0.25) is 9.59 Å². The van der Waals surface area contributed by atoms with Crippen molar-refractivity contribution in [3.63, 3.8) is 0 Å². The average Bonchev–Trinajstić information content (AvgIpc) is 2.73. The van der Waals surface area contributed by atoms with Crippen molar-refractivity contribution in [3.05, 3.63) is 84.4 Å². The topological polar surface area (TPSA) is 61.4 Å². The summed E-state index contributed by atoms with van der Waals surface area (Å²) in [5, 5.41) is 5.92. The average molecular weight is 373 g/mol. The van der Waals surface area contributed by atoms with Crippen molar-refractivity contribution in [2.45, 2.75) is 0 Å². The Balaban J connectivity index is 1.56. The summed E-state index contributed by atoms with van der Waals surface area (Å²) in [7, 11) is 3.39. The van der Waals surface area contributed by atoms with Crippen molar-refractivity contribution >= 4 is 23.2 Å². The van der Waals surface area contributed by atoms with Crippen molar-refractivity contribution in [1.29, 1.82) is 0 Å². The van der Waals surface area contributed by atoms with E-state index in [1.165, 1.54) is 4.90 Å². The molecule has 3 aromatic carbocycles. The van der Waals surface area contributed by atoms with Crippen molar-refractivity contribution in [3.8, 4) is 11.1 Å². The van der Waals surface area contributed by atoms with Crippen molar-refractivity contribution in [1.82, 2.24) is 4.90 Å². The monoisotopic (exact) mass is 373 g/mol. The van der Waals surface area contributed by atoms with Crippen LogP contribution in [0, 0.1) is 0 Å². The quantitative estimate of drug-likeness (QED) is 0.684. The van der Waals surface area contributed by atoms with Gasteiger partial charge in [-0.25, -0.2) is 0 Å². The summed E-state index contributed by atoms with van der Waals surface area (Å²) < 4.78 is 0. The third-order valence-electron chi connectivity index (χ3n) is 4.24. The molecule has 0 aliphatic carbocycles. The van der Waals surface area contributed by atoms with E-state index in [2.05, 4.69) is 22.8 Å². The molecule has 5 nitrogen and oxygen atoms in total. The Morgan fingerprint density at radius 2 is 1.46 bits per heavy atom. The van der Waals surface area contributed by atoms with Gasteiger partial charge in [0, 0.05) is 31.0 Å². The molecule has 0 bridgehead atoms. The number of hydrogen-bond acceptors (Lipinski definition) is 3. The highest BCUT2D eigenvalue weighted by Gasteiger charge is 2.09. The standard InChI is InChI=1S/C23H23N3O2/c1-26(2)23(28)19-9-6-10-21(15-19)25-22(27)16-24-20-13-11-18(12-14-20)17-7-4-3-5-8-17/h3-15,24H,16H2,1-2H3,(H,25,27). The number of anilines is 2. The molecular formula is C23H23N3O2. The Labute approximate surface area is 165 Å². The lowest BCUT2D eigenvalue weighted by molar-refractivity contribution is -0.114. The number of carbonyl (C=O) groups is 2. The van der Waals surface area contributed by atoms with Gasteiger partial charge in [0.1, 0.15) is 0 Å². The van der Waals surface area contributed by atoms with Gasteiger partial charge in [-0.2, -0.15) is 0 Å². The summed E-state index contributed by atoms with van der Waals surface area (Å²) in [5.74, 6) is -0.283. The predicted molar refractivity (Wildman–Crippen MR) is 113 cm³/mol. The molecule has 2 amide bonds. The van der Waals surface area contributed by atoms with Crippen LogP contribution >= 0.6 is 0 Å². The zero-order valence-electron chi connectivity index (χ0n) is 16.0. The summed E-state index contributed by atoms with van der Waals surface area (Å²) in [5.41, 5.74) is 4.27. The predicted octanol–water partition coefficient (Wildman–Crippen LogP) is 4.11. The van der Waals surface area contributed by atoms with Gasteiger partial charge in [0.25, 0.3) is 5.91 Å². The van der Waals surface area contributed by atoms with E-state index in [4.69, 9.17) is 0 Å². The second kappa shape index (κ2) is 8.86. The first kappa shape index (κ1) is 19.2. The normalized spacial score (nSPS) is 10.2. The van der Waals surface area contributed by atoms with E-state index in [-0.39, 0.29) is 18.4 Å². The highest BCUT2D eigenvalue weighted by atomic mass is 16.2. The Kier molecular flexibility index (Phi) is 6.07. The molecule has 0 atom stereocenters. The minimum absolute atomic E-state index is 0.104. The lowest BCUT2D eigenvalue weighted by Crippen LogP contribution is -2.23. The van der Waals surface area contributed by atoms with Crippen LogP contribution in [0.1, 0.15) is 10.4 Å². The second-order valence-electron chi connectivity index (χ2n) is 6.63. The fourth-order valence-corrected chi connectivity index (χ4v) is 2.79. The Hall–Kier alpha value is -3.60. The van der Waals surface area contributed by atoms with Gasteiger partial charge in [0.2, 0.25) is 5.91 Å². The van der Waals surface area contributed by atoms with Crippen LogP contribution in [0.3, 0.4) is 0 Å². The molecule has 3 aromatic rings. The molecule has 0 radical (unpaired) electrons. The number of rotatable bonds is 6. The van der Waals surface area contributed by atoms with Crippen LogP contribution in [-0.4, -0.2) is 37.4 Å². The van der Waals surface area contributed by atoms with Gasteiger partial charge in [-0.15, -0.1) is 0 Å². The molecule has 0 spiro atoms. The number of carbonyl (C=O) groups excluding carboxylic acids is 2. The molecule has 0 saturated carbocycles. The van der Waals surface area contributed by atoms with Gasteiger partial charge in [-0.05, 0) is 41.5 Å². The lowest BCUT2D eigenvalue weighted by atomic mass is 10.1. The molecular weight excluding hydrogens is 350 g/mol. The van der Waals surface area contributed by atoms with E-state index in [0.29, 0.717) is 11.3 Å². The van der Waals surface area contributed by atoms with E-state index in [9.17, 15) is 9.59 Å². The minimum atomic E-state index is -0.179. The molecule has 142 valence electrons. The Morgan fingerprint density at radius 3 is 2.14 bits per heavy atom. The highest BCUT2D eigenvalue weighted by molar-refractivity contribution is 5.98. The SMILES string of the molecule is CN(C)C(=O)c1cccc(NC(=O)CNc2ccc(-c3ccccc3)cc2)c1. The van der Waals surface area contributed by atoms with Crippen molar-refractivity contribution < 1.29 is 9.59 Å². The maximum Gasteiger partial charge on any atom is 0.253 e. The summed E-state index contributed by atoms with van der Waals surface area (Å²) in [6, 6.07) is 25.0. The van der Waals surface area contributed by atoms with E-state index in [1.54, 1.807) is 38.4 Å². The van der Waals surface area contributed by atoms with Gasteiger partial charge in [0.05, 0.1) is 6.54 Å². The van der Waals surface area contributed by atoms with Crippen LogP contribution < -0.4 is 10.6 Å². The first-order chi connectivity index (χ1) is 13.5. The summed E-state index contributed by atoms with van der Waals surface area (Å²) in [6.07, 6.45) is 0. The number of hydrogen-bond donors (Lipinski definition) is 2. The molecule has 28 heavy (non-hydrogen) atoms. The Bertz CT molecular complexity index is 951. The minimum Gasteiger partial charge on any atom is -0.376 e. The van der Waals surface area contributed by atoms with Crippen LogP contribution in [0.2, 0.25) is 0 Å². The molecule has 0 aromatic heterocycles. The van der Waals surface area contributed by atoms with Crippen LogP contribution in [-0.2, 0) is 4.79 Å². The fraction of sp³-hybridized carbons (Fsp3) is 0.130. The van der Waals surface area contributed by atoms with E-state index < -0.39 is 0 Å². The third kappa shape index (κ3) is 4.98. The second-order valence-corrected chi connectivity index (χ2v) is 6.63. The summed E-state index contributed by atoms with van der Waals surface area (Å²) >= 11 is 0. The van der Waals surface area contributed by atoms with E-state index in [1.807, 2.05) is 42.5 Å². The molecule has 0 heterocycles. The zero-order valence-corrected chi connectivity index (χ0v) is 16.0. The summed E-state index contributed by atoms with van der Waals surface area (Å²) in [4.78, 5) is 25.7. The molecule has 0 aliphatic rings. The maximum absolute atomic E-state index is 12.2. The lowest BCUT2D eigenvalue weighted by Gasteiger charge is -2.12. The molecule has 3 rings (SSSR count). The highest BCUT2D eigenvalue weighted by Crippen LogP contribution is 2.21. The fourth-order valence-electron chi connectivity index (χ4n) is 2.79. The molecule has 2 N–H and O–H groups in total. The Morgan fingerprint density at radius 1 is 0.786 bits per heavy atom. The number of nitrogens with zero attached hydrogens (tertiary/aromatic N) is 1. The zero-order chi connectivity index (χ0) is 19.9. The molecule has 5 heteroatoms. The van der Waals surface area contributed by atoms with E-state index >= 15 is 0 Å². The molecule has 0 saturated heterocycles. The number of nitrogens with one attached hydrogen (secondary N) is 2. The number of benzene rings is 3. The first-order valence-electron chi connectivity index (χ1n) is 9.04. The number of amides is 2. The smallest absolute Gasteiger partial charge is 0.253 e. The first-order valence-corrected chi connectivity index (χ1v) is 9.04.